The highest BCUT2D eigenvalue weighted by Crippen LogP contribution is 2.16. The number of imidazole rings is 1. The lowest BCUT2D eigenvalue weighted by molar-refractivity contribution is -0.116. The Morgan fingerprint density at radius 3 is 3.11 bits per heavy atom. The lowest BCUT2D eigenvalue weighted by atomic mass is 10.2. The summed E-state index contributed by atoms with van der Waals surface area (Å²) in [5.41, 5.74) is 1.52. The van der Waals surface area contributed by atoms with E-state index in [4.69, 9.17) is 0 Å². The van der Waals surface area contributed by atoms with Gasteiger partial charge in [-0.25, -0.2) is 4.98 Å². The molecule has 0 aromatic carbocycles. The number of pyridine rings is 1. The van der Waals surface area contributed by atoms with Gasteiger partial charge in [-0.15, -0.1) is 11.3 Å². The number of aryl methyl sites for hydroxylation is 1. The monoisotopic (exact) mass is 271 g/mol. The van der Waals surface area contributed by atoms with Crippen LogP contribution in [0.25, 0.3) is 5.65 Å². The lowest BCUT2D eigenvalue weighted by Gasteiger charge is -2.06. The smallest absolute Gasteiger partial charge is 0.224 e. The molecule has 0 saturated heterocycles. The highest BCUT2D eigenvalue weighted by Gasteiger charge is 2.07. The van der Waals surface area contributed by atoms with Gasteiger partial charge in [-0.1, -0.05) is 6.07 Å². The number of aromatic nitrogens is 2. The minimum absolute atomic E-state index is 0.0181. The number of hydrogen-bond donors (Lipinski definition) is 1. The summed E-state index contributed by atoms with van der Waals surface area (Å²) in [6, 6.07) is 7.81. The van der Waals surface area contributed by atoms with Crippen LogP contribution in [0.3, 0.4) is 0 Å². The fourth-order valence-corrected chi connectivity index (χ4v) is 2.66. The minimum atomic E-state index is 0.0181. The summed E-state index contributed by atoms with van der Waals surface area (Å²) in [5, 5.41) is 4.94. The van der Waals surface area contributed by atoms with Gasteiger partial charge in [0.15, 0.2) is 5.65 Å². The van der Waals surface area contributed by atoms with E-state index in [1.165, 1.54) is 4.88 Å². The van der Waals surface area contributed by atoms with E-state index in [1.807, 2.05) is 46.4 Å². The van der Waals surface area contributed by atoms with Crippen LogP contribution in [0.15, 0.2) is 48.2 Å². The van der Waals surface area contributed by atoms with Crippen LogP contribution in [-0.2, 0) is 11.2 Å². The summed E-state index contributed by atoms with van der Waals surface area (Å²) >= 11 is 1.68. The molecule has 3 aromatic heterocycles. The van der Waals surface area contributed by atoms with Gasteiger partial charge < -0.3 is 9.72 Å². The molecule has 0 radical (unpaired) electrons. The number of thiophene rings is 1. The van der Waals surface area contributed by atoms with Gasteiger partial charge >= 0.3 is 0 Å². The zero-order chi connectivity index (χ0) is 13.1. The third-order valence-corrected chi connectivity index (χ3v) is 3.81. The van der Waals surface area contributed by atoms with Crippen molar-refractivity contribution in [2.45, 2.75) is 12.8 Å². The molecule has 0 fully saturated rings. The fraction of sp³-hybridized carbons (Fsp3) is 0.143. The summed E-state index contributed by atoms with van der Waals surface area (Å²) in [5.74, 6) is 0.0181. The van der Waals surface area contributed by atoms with E-state index in [0.29, 0.717) is 6.42 Å². The summed E-state index contributed by atoms with van der Waals surface area (Å²) in [4.78, 5) is 17.4. The van der Waals surface area contributed by atoms with Crippen LogP contribution in [0, 0.1) is 0 Å². The molecule has 0 aliphatic carbocycles. The maximum Gasteiger partial charge on any atom is 0.224 e. The molecular formula is C14H13N3OS. The van der Waals surface area contributed by atoms with E-state index in [-0.39, 0.29) is 5.91 Å². The second-order valence-electron chi connectivity index (χ2n) is 4.21. The molecule has 0 unspecified atom stereocenters. The molecule has 96 valence electrons. The van der Waals surface area contributed by atoms with E-state index in [2.05, 4.69) is 10.3 Å². The summed E-state index contributed by atoms with van der Waals surface area (Å²) in [6.45, 7) is 0. The molecule has 0 bridgehead atoms. The number of nitrogens with zero attached hydrogens (tertiary/aromatic N) is 2. The largest absolute Gasteiger partial charge is 0.323 e. The topological polar surface area (TPSA) is 46.4 Å². The quantitative estimate of drug-likeness (QED) is 0.793. The summed E-state index contributed by atoms with van der Waals surface area (Å²) < 4.78 is 1.88. The van der Waals surface area contributed by atoms with Crippen molar-refractivity contribution in [3.63, 3.8) is 0 Å². The molecule has 3 rings (SSSR count). The molecule has 3 aromatic rings. The van der Waals surface area contributed by atoms with Crippen LogP contribution in [0.5, 0.6) is 0 Å². The summed E-state index contributed by atoms with van der Waals surface area (Å²) in [6.07, 6.45) is 6.75. The molecule has 5 heteroatoms. The lowest BCUT2D eigenvalue weighted by Crippen LogP contribution is -2.12. The average molecular weight is 271 g/mol. The Morgan fingerprint density at radius 1 is 1.32 bits per heavy atom. The van der Waals surface area contributed by atoms with E-state index < -0.39 is 0 Å². The van der Waals surface area contributed by atoms with Crippen molar-refractivity contribution in [2.24, 2.45) is 0 Å². The van der Waals surface area contributed by atoms with E-state index in [1.54, 1.807) is 17.5 Å². The number of amides is 1. The Kier molecular flexibility index (Phi) is 3.29. The average Bonchev–Trinajstić information content (AvgIpc) is 3.08. The number of carbonyl (C=O) groups excluding carboxylic acids is 1. The van der Waals surface area contributed by atoms with Gasteiger partial charge in [0, 0.05) is 29.9 Å². The van der Waals surface area contributed by atoms with Crippen molar-refractivity contribution < 1.29 is 4.79 Å². The molecule has 3 heterocycles. The number of rotatable bonds is 4. The first-order valence-corrected chi connectivity index (χ1v) is 6.95. The molecule has 0 aliphatic rings. The van der Waals surface area contributed by atoms with Gasteiger partial charge in [0.05, 0.1) is 5.69 Å². The Bertz CT molecular complexity index is 688. The maximum absolute atomic E-state index is 11.9. The molecule has 0 atom stereocenters. The number of hydrogen-bond acceptors (Lipinski definition) is 3. The standard InChI is InChI=1S/C14H13N3OS/c18-13(6-5-11-3-2-10-19-11)16-12-4-1-8-17-9-7-15-14(12)17/h1-4,7-10H,5-6H2,(H,16,18). The van der Waals surface area contributed by atoms with Gasteiger partial charge in [0.25, 0.3) is 0 Å². The Labute approximate surface area is 114 Å². The molecule has 0 spiro atoms. The van der Waals surface area contributed by atoms with Gasteiger partial charge in [-0.3, -0.25) is 4.79 Å². The predicted molar refractivity (Wildman–Crippen MR) is 76.5 cm³/mol. The zero-order valence-corrected chi connectivity index (χ0v) is 11.1. The Hall–Kier alpha value is -2.14. The molecular weight excluding hydrogens is 258 g/mol. The van der Waals surface area contributed by atoms with Crippen molar-refractivity contribution in [2.75, 3.05) is 5.32 Å². The first-order valence-electron chi connectivity index (χ1n) is 6.07. The van der Waals surface area contributed by atoms with Gasteiger partial charge in [-0.2, -0.15) is 0 Å². The maximum atomic E-state index is 11.9. The second kappa shape index (κ2) is 5.24. The second-order valence-corrected chi connectivity index (χ2v) is 5.24. The molecule has 0 saturated carbocycles. The van der Waals surface area contributed by atoms with Crippen molar-refractivity contribution in [1.82, 2.24) is 9.38 Å². The van der Waals surface area contributed by atoms with Crippen LogP contribution in [-0.4, -0.2) is 15.3 Å². The van der Waals surface area contributed by atoms with Crippen LogP contribution < -0.4 is 5.32 Å². The molecule has 1 amide bonds. The number of fused-ring (bicyclic) bond motifs is 1. The van der Waals surface area contributed by atoms with Crippen molar-refractivity contribution in [1.29, 1.82) is 0 Å². The van der Waals surface area contributed by atoms with Crippen molar-refractivity contribution in [3.8, 4) is 0 Å². The molecule has 4 nitrogen and oxygen atoms in total. The van der Waals surface area contributed by atoms with Crippen LogP contribution in [0.1, 0.15) is 11.3 Å². The normalized spacial score (nSPS) is 10.7. The van der Waals surface area contributed by atoms with Crippen molar-refractivity contribution in [3.05, 3.63) is 53.1 Å². The third-order valence-electron chi connectivity index (χ3n) is 2.87. The first kappa shape index (κ1) is 11.9. The minimum Gasteiger partial charge on any atom is -0.323 e. The van der Waals surface area contributed by atoms with Crippen LogP contribution in [0.4, 0.5) is 5.69 Å². The third kappa shape index (κ3) is 2.66. The molecule has 0 aliphatic heterocycles. The molecule has 19 heavy (non-hydrogen) atoms. The van der Waals surface area contributed by atoms with Crippen molar-refractivity contribution >= 4 is 28.6 Å². The first-order chi connectivity index (χ1) is 9.33. The van der Waals surface area contributed by atoms with E-state index in [9.17, 15) is 4.79 Å². The van der Waals surface area contributed by atoms with E-state index >= 15 is 0 Å². The van der Waals surface area contributed by atoms with Gasteiger partial charge in [0.2, 0.25) is 5.91 Å². The van der Waals surface area contributed by atoms with Gasteiger partial charge in [-0.05, 0) is 30.0 Å². The van der Waals surface area contributed by atoms with E-state index in [0.717, 1.165) is 17.8 Å². The number of nitrogens with one attached hydrogen (secondary N) is 1. The van der Waals surface area contributed by atoms with Crippen LogP contribution >= 0.6 is 11.3 Å². The Balaban J connectivity index is 1.67. The number of carbonyl (C=O) groups is 1. The van der Waals surface area contributed by atoms with Crippen LogP contribution in [0.2, 0.25) is 0 Å². The Morgan fingerprint density at radius 2 is 2.26 bits per heavy atom. The molecule has 1 N–H and O–H groups in total. The zero-order valence-electron chi connectivity index (χ0n) is 10.2. The predicted octanol–water partition coefficient (Wildman–Crippen LogP) is 2.97. The highest BCUT2D eigenvalue weighted by molar-refractivity contribution is 7.09. The fourth-order valence-electron chi connectivity index (χ4n) is 1.95. The summed E-state index contributed by atoms with van der Waals surface area (Å²) in [7, 11) is 0. The number of anilines is 1. The SMILES string of the molecule is O=C(CCc1cccs1)Nc1cccn2ccnc12. The van der Waals surface area contributed by atoms with Gasteiger partial charge in [0.1, 0.15) is 0 Å². The highest BCUT2D eigenvalue weighted by atomic mass is 32.1.